The number of nitrogens with two attached hydrogens (primary N) is 1. The summed E-state index contributed by atoms with van der Waals surface area (Å²) in [5.41, 5.74) is 6.72. The van der Waals surface area contributed by atoms with Crippen molar-refractivity contribution in [2.75, 3.05) is 20.3 Å². The van der Waals surface area contributed by atoms with E-state index in [0.717, 1.165) is 12.0 Å². The van der Waals surface area contributed by atoms with Crippen molar-refractivity contribution < 1.29 is 9.53 Å². The molecule has 1 aromatic carbocycles. The molecule has 0 aromatic heterocycles. The van der Waals surface area contributed by atoms with Gasteiger partial charge in [-0.05, 0) is 37.0 Å². The minimum absolute atomic E-state index is 0.147. The van der Waals surface area contributed by atoms with E-state index in [0.29, 0.717) is 36.0 Å². The Morgan fingerprint density at radius 1 is 1.45 bits per heavy atom. The number of carbonyl (C=O) groups excluding carboxylic acids is 1. The van der Waals surface area contributed by atoms with Gasteiger partial charge in [-0.3, -0.25) is 4.79 Å². The second-order valence-electron chi connectivity index (χ2n) is 4.52. The first-order chi connectivity index (χ1) is 9.54. The second-order valence-corrected chi connectivity index (χ2v) is 5.36. The number of hydrogen-bond acceptors (Lipinski definition) is 3. The summed E-state index contributed by atoms with van der Waals surface area (Å²) < 4.78 is 4.92. The Hall–Kier alpha value is -0.810. The molecule has 0 aliphatic heterocycles. The quantitative estimate of drug-likeness (QED) is 0.723. The molecular weight excluding hydrogens is 299 g/mol. The molecule has 0 fully saturated rings. The SMILES string of the molecule is COCCCC(N)C(=O)NCCc1ccc(Cl)cc1Cl. The van der Waals surface area contributed by atoms with Gasteiger partial charge in [0, 0.05) is 30.3 Å². The first kappa shape index (κ1) is 17.2. The summed E-state index contributed by atoms with van der Waals surface area (Å²) in [5, 5.41) is 4.01. The number of amides is 1. The van der Waals surface area contributed by atoms with Crippen molar-refractivity contribution >= 4 is 29.1 Å². The Morgan fingerprint density at radius 2 is 2.20 bits per heavy atom. The largest absolute Gasteiger partial charge is 0.385 e. The highest BCUT2D eigenvalue weighted by Crippen LogP contribution is 2.20. The van der Waals surface area contributed by atoms with Gasteiger partial charge in [-0.1, -0.05) is 29.3 Å². The van der Waals surface area contributed by atoms with E-state index in [9.17, 15) is 4.79 Å². The van der Waals surface area contributed by atoms with E-state index in [4.69, 9.17) is 33.7 Å². The minimum Gasteiger partial charge on any atom is -0.385 e. The number of carbonyl (C=O) groups is 1. The molecule has 1 unspecified atom stereocenters. The summed E-state index contributed by atoms with van der Waals surface area (Å²) in [7, 11) is 1.63. The first-order valence-corrected chi connectivity index (χ1v) is 7.26. The van der Waals surface area contributed by atoms with Crippen molar-refractivity contribution in [3.05, 3.63) is 33.8 Å². The maximum absolute atomic E-state index is 11.7. The standard InChI is InChI=1S/C14H20Cl2N2O2/c1-20-8-2-3-13(17)14(19)18-7-6-10-4-5-11(15)9-12(10)16/h4-5,9,13H,2-3,6-8,17H2,1H3,(H,18,19). The monoisotopic (exact) mass is 318 g/mol. The fraction of sp³-hybridized carbons (Fsp3) is 0.500. The summed E-state index contributed by atoms with van der Waals surface area (Å²) in [6.45, 7) is 1.11. The number of ether oxygens (including phenoxy) is 1. The molecule has 0 aliphatic rings. The Balaban J connectivity index is 2.30. The van der Waals surface area contributed by atoms with E-state index in [1.807, 2.05) is 6.07 Å². The summed E-state index contributed by atoms with van der Waals surface area (Å²) in [6.07, 6.45) is 2.03. The van der Waals surface area contributed by atoms with Crippen molar-refractivity contribution in [2.24, 2.45) is 5.73 Å². The van der Waals surface area contributed by atoms with Crippen LogP contribution in [0.5, 0.6) is 0 Å². The topological polar surface area (TPSA) is 64.3 Å². The number of benzene rings is 1. The highest BCUT2D eigenvalue weighted by molar-refractivity contribution is 6.35. The Morgan fingerprint density at radius 3 is 2.85 bits per heavy atom. The zero-order valence-electron chi connectivity index (χ0n) is 11.5. The molecule has 0 radical (unpaired) electrons. The second kappa shape index (κ2) is 9.19. The highest BCUT2D eigenvalue weighted by Gasteiger charge is 2.12. The highest BCUT2D eigenvalue weighted by atomic mass is 35.5. The van der Waals surface area contributed by atoms with Crippen molar-refractivity contribution in [1.82, 2.24) is 5.32 Å². The minimum atomic E-state index is -0.495. The molecule has 1 atom stereocenters. The van der Waals surface area contributed by atoms with Crippen LogP contribution in [0.2, 0.25) is 10.0 Å². The lowest BCUT2D eigenvalue weighted by Crippen LogP contribution is -2.41. The first-order valence-electron chi connectivity index (χ1n) is 6.50. The average Bonchev–Trinajstić information content (AvgIpc) is 2.41. The van der Waals surface area contributed by atoms with Gasteiger partial charge >= 0.3 is 0 Å². The third-order valence-electron chi connectivity index (χ3n) is 2.91. The zero-order valence-corrected chi connectivity index (χ0v) is 13.0. The fourth-order valence-electron chi connectivity index (χ4n) is 1.75. The van der Waals surface area contributed by atoms with Crippen LogP contribution >= 0.6 is 23.2 Å². The summed E-state index contributed by atoms with van der Waals surface area (Å²) in [4.78, 5) is 11.7. The van der Waals surface area contributed by atoms with E-state index < -0.39 is 6.04 Å². The summed E-state index contributed by atoms with van der Waals surface area (Å²) in [5.74, 6) is -0.147. The van der Waals surface area contributed by atoms with Crippen LogP contribution in [-0.2, 0) is 16.0 Å². The number of halogens is 2. The smallest absolute Gasteiger partial charge is 0.236 e. The predicted octanol–water partition coefficient (Wildman–Crippen LogP) is 2.41. The van der Waals surface area contributed by atoms with Gasteiger partial charge in [0.2, 0.25) is 5.91 Å². The van der Waals surface area contributed by atoms with E-state index in [2.05, 4.69) is 5.32 Å². The van der Waals surface area contributed by atoms with Crippen LogP contribution in [0, 0.1) is 0 Å². The van der Waals surface area contributed by atoms with Crippen LogP contribution < -0.4 is 11.1 Å². The lowest BCUT2D eigenvalue weighted by atomic mass is 10.1. The van der Waals surface area contributed by atoms with Crippen LogP contribution in [0.4, 0.5) is 0 Å². The summed E-state index contributed by atoms with van der Waals surface area (Å²) in [6, 6.07) is 4.83. The number of nitrogens with one attached hydrogen (secondary N) is 1. The number of rotatable bonds is 8. The van der Waals surface area contributed by atoms with Gasteiger partial charge in [-0.25, -0.2) is 0 Å². The van der Waals surface area contributed by atoms with Gasteiger partial charge in [0.05, 0.1) is 6.04 Å². The molecule has 4 nitrogen and oxygen atoms in total. The molecule has 0 bridgehead atoms. The maximum Gasteiger partial charge on any atom is 0.236 e. The van der Waals surface area contributed by atoms with Crippen LogP contribution in [0.25, 0.3) is 0 Å². The molecule has 112 valence electrons. The van der Waals surface area contributed by atoms with E-state index in [-0.39, 0.29) is 5.91 Å². The molecule has 0 saturated heterocycles. The number of methoxy groups -OCH3 is 1. The maximum atomic E-state index is 11.7. The molecule has 0 saturated carbocycles. The summed E-state index contributed by atoms with van der Waals surface area (Å²) >= 11 is 11.9. The van der Waals surface area contributed by atoms with Gasteiger partial charge in [0.15, 0.2) is 0 Å². The van der Waals surface area contributed by atoms with Crippen molar-refractivity contribution in [3.63, 3.8) is 0 Å². The molecule has 1 aromatic rings. The van der Waals surface area contributed by atoms with Gasteiger partial charge in [-0.2, -0.15) is 0 Å². The molecule has 0 aliphatic carbocycles. The molecular formula is C14H20Cl2N2O2. The Labute approximate surface area is 129 Å². The fourth-order valence-corrected chi connectivity index (χ4v) is 2.26. The molecule has 1 rings (SSSR count). The van der Waals surface area contributed by atoms with E-state index >= 15 is 0 Å². The van der Waals surface area contributed by atoms with Gasteiger partial charge in [0.1, 0.15) is 0 Å². The zero-order chi connectivity index (χ0) is 15.0. The molecule has 6 heteroatoms. The molecule has 3 N–H and O–H groups in total. The third kappa shape index (κ3) is 6.09. The van der Waals surface area contributed by atoms with Gasteiger partial charge in [0.25, 0.3) is 0 Å². The molecule has 20 heavy (non-hydrogen) atoms. The predicted molar refractivity (Wildman–Crippen MR) is 82.3 cm³/mol. The van der Waals surface area contributed by atoms with Crippen LogP contribution in [-0.4, -0.2) is 32.2 Å². The normalized spacial score (nSPS) is 12.2. The molecule has 0 heterocycles. The Kier molecular flexibility index (Phi) is 7.92. The van der Waals surface area contributed by atoms with Crippen molar-refractivity contribution in [3.8, 4) is 0 Å². The Bertz CT molecular complexity index is 441. The average molecular weight is 319 g/mol. The number of hydrogen-bond donors (Lipinski definition) is 2. The third-order valence-corrected chi connectivity index (χ3v) is 3.50. The van der Waals surface area contributed by atoms with E-state index in [1.54, 1.807) is 19.2 Å². The van der Waals surface area contributed by atoms with Crippen molar-refractivity contribution in [1.29, 1.82) is 0 Å². The lowest BCUT2D eigenvalue weighted by Gasteiger charge is -2.12. The van der Waals surface area contributed by atoms with Crippen LogP contribution in [0.1, 0.15) is 18.4 Å². The van der Waals surface area contributed by atoms with Crippen molar-refractivity contribution in [2.45, 2.75) is 25.3 Å². The van der Waals surface area contributed by atoms with Gasteiger partial charge in [-0.15, -0.1) is 0 Å². The lowest BCUT2D eigenvalue weighted by molar-refractivity contribution is -0.122. The van der Waals surface area contributed by atoms with Crippen LogP contribution in [0.15, 0.2) is 18.2 Å². The molecule has 0 spiro atoms. The molecule has 1 amide bonds. The van der Waals surface area contributed by atoms with E-state index in [1.165, 1.54) is 0 Å². The van der Waals surface area contributed by atoms with Crippen LogP contribution in [0.3, 0.4) is 0 Å². The van der Waals surface area contributed by atoms with Gasteiger partial charge < -0.3 is 15.8 Å².